The maximum atomic E-state index is 6.24. The summed E-state index contributed by atoms with van der Waals surface area (Å²) in [6.45, 7) is 4.15. The Morgan fingerprint density at radius 3 is 1.88 bits per heavy atom. The number of benzene rings is 3. The predicted octanol–water partition coefficient (Wildman–Crippen LogP) is 6.24. The first-order valence-corrected chi connectivity index (χ1v) is 9.09. The molecule has 0 saturated carbocycles. The van der Waals surface area contributed by atoms with Crippen LogP contribution in [0.25, 0.3) is 11.1 Å². The molecule has 1 heterocycles. The summed E-state index contributed by atoms with van der Waals surface area (Å²) in [7, 11) is 0. The predicted molar refractivity (Wildman–Crippen MR) is 106 cm³/mol. The Bertz CT molecular complexity index is 1040. The molecular formula is C25H20O. The van der Waals surface area contributed by atoms with Crippen LogP contribution in [0.3, 0.4) is 0 Å². The van der Waals surface area contributed by atoms with E-state index in [2.05, 4.69) is 92.7 Å². The zero-order valence-corrected chi connectivity index (χ0v) is 15.0. The molecule has 0 unspecified atom stereocenters. The van der Waals surface area contributed by atoms with Gasteiger partial charge in [0.1, 0.15) is 11.5 Å². The largest absolute Gasteiger partial charge is 0.461 e. The van der Waals surface area contributed by atoms with E-state index in [1.165, 1.54) is 33.4 Å². The normalized spacial score (nSPS) is 16.4. The quantitative estimate of drug-likeness (QED) is 0.511. The molecule has 0 N–H and O–H groups in total. The monoisotopic (exact) mass is 336 g/mol. The van der Waals surface area contributed by atoms with Gasteiger partial charge in [-0.15, -0.1) is 0 Å². The summed E-state index contributed by atoms with van der Waals surface area (Å²) in [5.74, 6) is 1.91. The highest BCUT2D eigenvalue weighted by Gasteiger charge is 2.50. The van der Waals surface area contributed by atoms with Crippen LogP contribution in [0.2, 0.25) is 0 Å². The van der Waals surface area contributed by atoms with Crippen molar-refractivity contribution in [2.75, 3.05) is 0 Å². The van der Waals surface area contributed by atoms with Gasteiger partial charge in [0.05, 0.1) is 5.41 Å². The van der Waals surface area contributed by atoms with Crippen molar-refractivity contribution >= 4 is 0 Å². The van der Waals surface area contributed by atoms with Crippen LogP contribution in [0.4, 0.5) is 0 Å². The Morgan fingerprint density at radius 1 is 0.731 bits per heavy atom. The van der Waals surface area contributed by atoms with E-state index in [9.17, 15) is 0 Å². The third-order valence-electron chi connectivity index (χ3n) is 5.62. The molecule has 0 atom stereocenters. The molecule has 126 valence electrons. The van der Waals surface area contributed by atoms with E-state index in [0.717, 1.165) is 11.5 Å². The van der Waals surface area contributed by atoms with Gasteiger partial charge in [-0.25, -0.2) is 0 Å². The molecule has 1 nitrogen and oxygen atoms in total. The van der Waals surface area contributed by atoms with E-state index < -0.39 is 0 Å². The first-order valence-electron chi connectivity index (χ1n) is 9.09. The number of hydrogen-bond acceptors (Lipinski definition) is 1. The topological polar surface area (TPSA) is 9.23 Å². The van der Waals surface area contributed by atoms with Crippen molar-refractivity contribution in [1.82, 2.24) is 0 Å². The fourth-order valence-corrected chi connectivity index (χ4v) is 4.72. The van der Waals surface area contributed by atoms with E-state index >= 15 is 0 Å². The number of rotatable bonds is 1. The number of allylic oxidation sites excluding steroid dienone is 4. The average Bonchev–Trinajstić information content (AvgIpc) is 2.97. The number of para-hydroxylation sites is 1. The summed E-state index contributed by atoms with van der Waals surface area (Å²) in [6, 6.07) is 26.0. The van der Waals surface area contributed by atoms with Gasteiger partial charge >= 0.3 is 0 Å². The summed E-state index contributed by atoms with van der Waals surface area (Å²) in [5.41, 5.74) is 7.42. The lowest BCUT2D eigenvalue weighted by Crippen LogP contribution is -2.33. The molecule has 26 heavy (non-hydrogen) atoms. The Morgan fingerprint density at radius 2 is 1.27 bits per heavy atom. The van der Waals surface area contributed by atoms with Crippen molar-refractivity contribution in [1.29, 1.82) is 0 Å². The maximum absolute atomic E-state index is 6.24. The Labute approximate surface area is 154 Å². The van der Waals surface area contributed by atoms with E-state index in [0.29, 0.717) is 0 Å². The second-order valence-corrected chi connectivity index (χ2v) is 6.91. The molecule has 0 radical (unpaired) electrons. The molecule has 3 aromatic carbocycles. The van der Waals surface area contributed by atoms with Crippen LogP contribution in [0, 0.1) is 0 Å². The third kappa shape index (κ3) is 1.75. The molecule has 1 spiro atoms. The van der Waals surface area contributed by atoms with Crippen molar-refractivity contribution in [3.8, 4) is 16.9 Å². The average molecular weight is 336 g/mol. The van der Waals surface area contributed by atoms with E-state index in [1.807, 2.05) is 6.07 Å². The van der Waals surface area contributed by atoms with E-state index in [-0.39, 0.29) is 5.41 Å². The summed E-state index contributed by atoms with van der Waals surface area (Å²) < 4.78 is 6.24. The van der Waals surface area contributed by atoms with Crippen LogP contribution in [0.5, 0.6) is 5.75 Å². The molecule has 1 aliphatic carbocycles. The van der Waals surface area contributed by atoms with Crippen molar-refractivity contribution < 1.29 is 4.74 Å². The summed E-state index contributed by atoms with van der Waals surface area (Å²) in [5, 5.41) is 0. The van der Waals surface area contributed by atoms with Gasteiger partial charge in [0, 0.05) is 11.1 Å². The SMILES string of the molecule is C/C=C\C1=C(C)Oc2ccccc2C12c1ccccc1-c1ccccc12. The van der Waals surface area contributed by atoms with Gasteiger partial charge < -0.3 is 4.74 Å². The van der Waals surface area contributed by atoms with E-state index in [1.54, 1.807) is 0 Å². The molecule has 5 rings (SSSR count). The fraction of sp³-hybridized carbons (Fsp3) is 0.120. The lowest BCUT2D eigenvalue weighted by molar-refractivity contribution is 0.387. The first-order chi connectivity index (χ1) is 12.8. The second kappa shape index (κ2) is 5.47. The third-order valence-corrected chi connectivity index (χ3v) is 5.62. The van der Waals surface area contributed by atoms with Gasteiger partial charge in [-0.1, -0.05) is 78.9 Å². The minimum atomic E-state index is -0.321. The highest BCUT2D eigenvalue weighted by atomic mass is 16.5. The molecule has 0 amide bonds. The zero-order chi connectivity index (χ0) is 17.7. The van der Waals surface area contributed by atoms with Crippen LogP contribution >= 0.6 is 0 Å². The van der Waals surface area contributed by atoms with Crippen molar-refractivity contribution in [2.45, 2.75) is 19.3 Å². The van der Waals surface area contributed by atoms with Gasteiger partial charge in [0.25, 0.3) is 0 Å². The first kappa shape index (κ1) is 15.2. The molecule has 0 aromatic heterocycles. The molecule has 0 saturated heterocycles. The lowest BCUT2D eigenvalue weighted by Gasteiger charge is -2.39. The van der Waals surface area contributed by atoms with Crippen molar-refractivity contribution in [2.24, 2.45) is 0 Å². The standard InChI is InChI=1S/C25H20O/c1-3-10-20-17(2)26-24-16-9-8-15-23(24)25(20)21-13-6-4-11-18(21)19-12-5-7-14-22(19)25/h3-16H,1-2H3/b10-3-. The lowest BCUT2D eigenvalue weighted by atomic mass is 9.65. The minimum absolute atomic E-state index is 0.321. The molecule has 0 fully saturated rings. The summed E-state index contributed by atoms with van der Waals surface area (Å²) in [6.07, 6.45) is 4.32. The van der Waals surface area contributed by atoms with Gasteiger partial charge in [-0.2, -0.15) is 0 Å². The van der Waals surface area contributed by atoms with Crippen LogP contribution in [-0.2, 0) is 5.41 Å². The highest BCUT2D eigenvalue weighted by molar-refractivity contribution is 5.87. The molecule has 0 bridgehead atoms. The van der Waals surface area contributed by atoms with Gasteiger partial charge in [-0.3, -0.25) is 0 Å². The Hall–Kier alpha value is -3.06. The highest BCUT2D eigenvalue weighted by Crippen LogP contribution is 2.60. The van der Waals surface area contributed by atoms with Crippen LogP contribution < -0.4 is 4.74 Å². The minimum Gasteiger partial charge on any atom is -0.461 e. The zero-order valence-electron chi connectivity index (χ0n) is 15.0. The summed E-state index contributed by atoms with van der Waals surface area (Å²) >= 11 is 0. The number of hydrogen-bond donors (Lipinski definition) is 0. The molecule has 1 heteroatoms. The Kier molecular flexibility index (Phi) is 3.20. The maximum Gasteiger partial charge on any atom is 0.131 e. The fourth-order valence-electron chi connectivity index (χ4n) is 4.72. The van der Waals surface area contributed by atoms with Crippen LogP contribution in [0.1, 0.15) is 30.5 Å². The van der Waals surface area contributed by atoms with Gasteiger partial charge in [-0.05, 0) is 42.2 Å². The van der Waals surface area contributed by atoms with Gasteiger partial charge in [0.2, 0.25) is 0 Å². The molecule has 2 aliphatic rings. The number of fused-ring (bicyclic) bond motifs is 7. The summed E-state index contributed by atoms with van der Waals surface area (Å²) in [4.78, 5) is 0. The molecular weight excluding hydrogens is 316 g/mol. The van der Waals surface area contributed by atoms with E-state index in [4.69, 9.17) is 4.74 Å². The van der Waals surface area contributed by atoms with Crippen molar-refractivity contribution in [3.63, 3.8) is 0 Å². The molecule has 1 aliphatic heterocycles. The number of ether oxygens (including phenoxy) is 1. The Balaban J connectivity index is 2.01. The smallest absolute Gasteiger partial charge is 0.131 e. The van der Waals surface area contributed by atoms with Crippen LogP contribution in [0.15, 0.2) is 96.3 Å². The van der Waals surface area contributed by atoms with Crippen LogP contribution in [-0.4, -0.2) is 0 Å². The van der Waals surface area contributed by atoms with Crippen molar-refractivity contribution in [3.05, 3.63) is 113 Å². The molecule has 3 aromatic rings. The van der Waals surface area contributed by atoms with Gasteiger partial charge in [0.15, 0.2) is 0 Å². The second-order valence-electron chi connectivity index (χ2n) is 6.91.